The molecule has 1 N–H and O–H groups in total. The minimum absolute atomic E-state index is 0.202. The maximum Gasteiger partial charge on any atom is 0.244 e. The maximum absolute atomic E-state index is 12.1. The lowest BCUT2D eigenvalue weighted by Gasteiger charge is -2.10. The van der Waals surface area contributed by atoms with E-state index in [1.165, 1.54) is 9.78 Å². The van der Waals surface area contributed by atoms with E-state index < -0.39 is 0 Å². The number of nitrogens with one attached hydrogen (secondary N) is 1. The second kappa shape index (κ2) is 10.8. The number of hydrogen-bond acceptors (Lipinski definition) is 3. The minimum Gasteiger partial charge on any atom is -0.488 e. The molecule has 0 heterocycles. The summed E-state index contributed by atoms with van der Waals surface area (Å²) >= 11 is 11.7. The van der Waals surface area contributed by atoms with Crippen LogP contribution in [0.4, 0.5) is 0 Å². The third-order valence-corrected chi connectivity index (χ3v) is 5.43. The lowest BCUT2D eigenvalue weighted by molar-refractivity contribution is -0.120. The van der Waals surface area contributed by atoms with Crippen LogP contribution in [0.1, 0.15) is 16.7 Å². The first-order valence-electron chi connectivity index (χ1n) is 8.73. The molecule has 3 aromatic carbocycles. The molecule has 0 bridgehead atoms. The summed E-state index contributed by atoms with van der Waals surface area (Å²) in [4.78, 5) is 12.1. The van der Waals surface area contributed by atoms with E-state index in [2.05, 4.69) is 49.0 Å². The van der Waals surface area contributed by atoms with Crippen LogP contribution in [0.2, 0.25) is 5.02 Å². The van der Waals surface area contributed by atoms with Crippen molar-refractivity contribution in [2.45, 2.75) is 13.0 Å². The SMILES string of the molecule is O=C(Cc1ccc(Br)cc1)N/N=C/c1cc(Cl)ccc1OCc1ccc(I)cc1. The Balaban J connectivity index is 1.61. The van der Waals surface area contributed by atoms with Gasteiger partial charge in [-0.3, -0.25) is 4.79 Å². The Hall–Kier alpha value is -1.90. The zero-order valence-electron chi connectivity index (χ0n) is 15.2. The molecule has 4 nitrogen and oxygen atoms in total. The average Bonchev–Trinajstić information content (AvgIpc) is 2.70. The molecule has 0 atom stereocenters. The van der Waals surface area contributed by atoms with E-state index in [-0.39, 0.29) is 12.3 Å². The number of ether oxygens (including phenoxy) is 1. The van der Waals surface area contributed by atoms with Crippen molar-refractivity contribution in [3.05, 3.63) is 96.5 Å². The summed E-state index contributed by atoms with van der Waals surface area (Å²) in [6.45, 7) is 0.426. The van der Waals surface area contributed by atoms with Gasteiger partial charge in [0, 0.05) is 18.6 Å². The fraction of sp³-hybridized carbons (Fsp3) is 0.0909. The van der Waals surface area contributed by atoms with Crippen molar-refractivity contribution in [2.75, 3.05) is 0 Å². The Morgan fingerprint density at radius 2 is 1.76 bits per heavy atom. The molecule has 0 saturated heterocycles. The van der Waals surface area contributed by atoms with Gasteiger partial charge in [-0.25, -0.2) is 5.43 Å². The Labute approximate surface area is 196 Å². The highest BCUT2D eigenvalue weighted by Crippen LogP contribution is 2.22. The molecule has 0 aliphatic carbocycles. The number of hydrazone groups is 1. The lowest BCUT2D eigenvalue weighted by Crippen LogP contribution is -2.19. The first-order valence-corrected chi connectivity index (χ1v) is 11.0. The van der Waals surface area contributed by atoms with Gasteiger partial charge in [0.15, 0.2) is 0 Å². The highest BCUT2D eigenvalue weighted by molar-refractivity contribution is 14.1. The van der Waals surface area contributed by atoms with Gasteiger partial charge >= 0.3 is 0 Å². The van der Waals surface area contributed by atoms with Crippen molar-refractivity contribution in [1.29, 1.82) is 0 Å². The zero-order chi connectivity index (χ0) is 20.6. The van der Waals surface area contributed by atoms with Crippen LogP contribution in [0.5, 0.6) is 5.75 Å². The Morgan fingerprint density at radius 1 is 1.07 bits per heavy atom. The Kier molecular flexibility index (Phi) is 8.09. The largest absolute Gasteiger partial charge is 0.488 e. The van der Waals surface area contributed by atoms with Crippen LogP contribution >= 0.6 is 50.1 Å². The van der Waals surface area contributed by atoms with Crippen LogP contribution in [0, 0.1) is 3.57 Å². The number of carbonyl (C=O) groups excluding carboxylic acids is 1. The predicted molar refractivity (Wildman–Crippen MR) is 129 cm³/mol. The molecule has 0 aromatic heterocycles. The van der Waals surface area contributed by atoms with Crippen molar-refractivity contribution in [1.82, 2.24) is 5.43 Å². The summed E-state index contributed by atoms with van der Waals surface area (Å²) in [6, 6.07) is 21.0. The monoisotopic (exact) mass is 582 g/mol. The fourth-order valence-corrected chi connectivity index (χ4v) is 3.30. The molecule has 3 rings (SSSR count). The first kappa shape index (κ1) is 21.8. The van der Waals surface area contributed by atoms with E-state index in [1.807, 2.05) is 48.5 Å². The van der Waals surface area contributed by atoms with E-state index in [4.69, 9.17) is 16.3 Å². The molecule has 148 valence electrons. The first-order chi connectivity index (χ1) is 14.0. The number of nitrogens with zero attached hydrogens (tertiary/aromatic N) is 1. The molecule has 3 aromatic rings. The highest BCUT2D eigenvalue weighted by Gasteiger charge is 2.05. The molecule has 29 heavy (non-hydrogen) atoms. The summed E-state index contributed by atoms with van der Waals surface area (Å²) in [5, 5.41) is 4.61. The smallest absolute Gasteiger partial charge is 0.244 e. The molecule has 0 radical (unpaired) electrons. The van der Waals surface area contributed by atoms with E-state index in [0.717, 1.165) is 15.6 Å². The van der Waals surface area contributed by atoms with Crippen molar-refractivity contribution >= 4 is 62.2 Å². The van der Waals surface area contributed by atoms with Gasteiger partial charge in [0.2, 0.25) is 5.91 Å². The molecular formula is C22H17BrClIN2O2. The second-order valence-corrected chi connectivity index (χ2v) is 8.79. The van der Waals surface area contributed by atoms with E-state index in [0.29, 0.717) is 22.9 Å². The minimum atomic E-state index is -0.202. The van der Waals surface area contributed by atoms with Gasteiger partial charge in [-0.15, -0.1) is 0 Å². The quantitative estimate of drug-likeness (QED) is 0.212. The number of benzene rings is 3. The molecule has 0 aliphatic heterocycles. The second-order valence-electron chi connectivity index (χ2n) is 6.19. The third-order valence-electron chi connectivity index (χ3n) is 3.95. The van der Waals surface area contributed by atoms with E-state index in [9.17, 15) is 4.79 Å². The van der Waals surface area contributed by atoms with Crippen LogP contribution in [-0.4, -0.2) is 12.1 Å². The Bertz CT molecular complexity index is 1010. The van der Waals surface area contributed by atoms with Crippen LogP contribution in [0.3, 0.4) is 0 Å². The molecule has 0 unspecified atom stereocenters. The van der Waals surface area contributed by atoms with Crippen LogP contribution < -0.4 is 10.2 Å². The number of hydrogen-bond donors (Lipinski definition) is 1. The normalized spacial score (nSPS) is 10.9. The molecular weight excluding hydrogens is 567 g/mol. The predicted octanol–water partition coefficient (Wildman–Crippen LogP) is 5.98. The fourth-order valence-electron chi connectivity index (χ4n) is 2.49. The van der Waals surface area contributed by atoms with Crippen molar-refractivity contribution < 1.29 is 9.53 Å². The lowest BCUT2D eigenvalue weighted by atomic mass is 10.1. The van der Waals surface area contributed by atoms with Gasteiger partial charge in [-0.05, 0) is 76.2 Å². The van der Waals surface area contributed by atoms with Crippen LogP contribution in [-0.2, 0) is 17.8 Å². The number of rotatable bonds is 7. The summed E-state index contributed by atoms with van der Waals surface area (Å²) in [7, 11) is 0. The Morgan fingerprint density at radius 3 is 2.48 bits per heavy atom. The van der Waals surface area contributed by atoms with Gasteiger partial charge in [0.25, 0.3) is 0 Å². The topological polar surface area (TPSA) is 50.7 Å². The van der Waals surface area contributed by atoms with Crippen molar-refractivity contribution in [3.8, 4) is 5.75 Å². The zero-order valence-corrected chi connectivity index (χ0v) is 19.7. The van der Waals surface area contributed by atoms with Gasteiger partial charge in [0.1, 0.15) is 12.4 Å². The average molecular weight is 584 g/mol. The van der Waals surface area contributed by atoms with Crippen molar-refractivity contribution in [2.24, 2.45) is 5.10 Å². The van der Waals surface area contributed by atoms with Gasteiger partial charge in [-0.2, -0.15) is 5.10 Å². The molecule has 0 fully saturated rings. The number of amides is 1. The molecule has 0 spiro atoms. The number of halogens is 3. The summed E-state index contributed by atoms with van der Waals surface area (Å²) in [5.41, 5.74) is 5.20. The summed E-state index contributed by atoms with van der Waals surface area (Å²) in [5.74, 6) is 0.436. The maximum atomic E-state index is 12.1. The highest BCUT2D eigenvalue weighted by atomic mass is 127. The van der Waals surface area contributed by atoms with E-state index >= 15 is 0 Å². The number of carbonyl (C=O) groups is 1. The molecule has 7 heteroatoms. The standard InChI is InChI=1S/C22H17BrClIN2O2/c23-18-5-1-15(2-6-18)11-22(28)27-26-13-17-12-19(24)7-10-21(17)29-14-16-3-8-20(25)9-4-16/h1-10,12-13H,11,14H2,(H,27,28)/b26-13+. The van der Waals surface area contributed by atoms with Gasteiger partial charge < -0.3 is 4.74 Å². The molecule has 1 amide bonds. The van der Waals surface area contributed by atoms with Crippen molar-refractivity contribution in [3.63, 3.8) is 0 Å². The van der Waals surface area contributed by atoms with E-state index in [1.54, 1.807) is 18.2 Å². The molecule has 0 saturated carbocycles. The van der Waals surface area contributed by atoms with Crippen LogP contribution in [0.15, 0.2) is 76.3 Å². The summed E-state index contributed by atoms with van der Waals surface area (Å²) < 4.78 is 8.05. The summed E-state index contributed by atoms with van der Waals surface area (Å²) in [6.07, 6.45) is 1.78. The third kappa shape index (κ3) is 7.13. The van der Waals surface area contributed by atoms with Crippen LogP contribution in [0.25, 0.3) is 0 Å². The van der Waals surface area contributed by atoms with Gasteiger partial charge in [0.05, 0.1) is 12.6 Å². The molecule has 0 aliphatic rings. The van der Waals surface area contributed by atoms with Gasteiger partial charge in [-0.1, -0.05) is 51.8 Å².